The van der Waals surface area contributed by atoms with Crippen LogP contribution < -0.4 is 15.8 Å². The molecular formula is C17H23N3O2. The summed E-state index contributed by atoms with van der Waals surface area (Å²) >= 11 is 0. The monoisotopic (exact) mass is 301 g/mol. The molecule has 5 nitrogen and oxygen atoms in total. The van der Waals surface area contributed by atoms with E-state index < -0.39 is 0 Å². The van der Waals surface area contributed by atoms with E-state index in [4.69, 9.17) is 10.5 Å². The molecule has 0 saturated carbocycles. The largest absolute Gasteiger partial charge is 0.494 e. The van der Waals surface area contributed by atoms with Gasteiger partial charge in [0, 0.05) is 17.8 Å². The Bertz CT molecular complexity index is 616. The topological polar surface area (TPSA) is 77.2 Å². The average molecular weight is 301 g/mol. The van der Waals surface area contributed by atoms with Gasteiger partial charge in [0.2, 0.25) is 5.91 Å². The van der Waals surface area contributed by atoms with E-state index in [0.717, 1.165) is 42.3 Å². The zero-order valence-electron chi connectivity index (χ0n) is 12.9. The molecule has 1 amide bonds. The van der Waals surface area contributed by atoms with Gasteiger partial charge in [-0.2, -0.15) is 0 Å². The molecule has 0 aliphatic carbocycles. The van der Waals surface area contributed by atoms with E-state index >= 15 is 0 Å². The van der Waals surface area contributed by atoms with Crippen LogP contribution in [0.15, 0.2) is 36.7 Å². The summed E-state index contributed by atoms with van der Waals surface area (Å²) in [6, 6.07) is 7.75. The highest BCUT2D eigenvalue weighted by atomic mass is 16.5. The van der Waals surface area contributed by atoms with Crippen molar-refractivity contribution in [3.8, 4) is 5.75 Å². The second-order valence-electron chi connectivity index (χ2n) is 5.37. The number of fused-ring (bicyclic) bond motifs is 1. The molecule has 0 bridgehead atoms. The predicted octanol–water partition coefficient (Wildman–Crippen LogP) is 2.25. The summed E-state index contributed by atoms with van der Waals surface area (Å²) in [6.45, 7) is 3.27. The highest BCUT2D eigenvalue weighted by molar-refractivity contribution is 5.82. The summed E-state index contributed by atoms with van der Waals surface area (Å²) in [6.07, 6.45) is 6.67. The number of primary amides is 1. The Labute approximate surface area is 130 Å². The fourth-order valence-electron chi connectivity index (χ4n) is 2.16. The summed E-state index contributed by atoms with van der Waals surface area (Å²) in [5.41, 5.74) is 5.18. The zero-order valence-corrected chi connectivity index (χ0v) is 12.9. The Balaban J connectivity index is 1.63. The molecule has 22 heavy (non-hydrogen) atoms. The Morgan fingerprint density at radius 2 is 2.14 bits per heavy atom. The quantitative estimate of drug-likeness (QED) is 0.696. The maximum atomic E-state index is 10.9. The fraction of sp³-hybridized carbons (Fsp3) is 0.412. The number of carbonyl (C=O) groups excluding carboxylic acids is 1. The molecule has 2 aromatic rings. The van der Waals surface area contributed by atoms with Crippen molar-refractivity contribution < 1.29 is 9.53 Å². The molecule has 0 saturated heterocycles. The second-order valence-corrected chi connectivity index (χ2v) is 5.37. The van der Waals surface area contributed by atoms with Crippen LogP contribution in [0.1, 0.15) is 26.2 Å². The van der Waals surface area contributed by atoms with Crippen LogP contribution in [0.25, 0.3) is 10.8 Å². The lowest BCUT2D eigenvalue weighted by molar-refractivity contribution is -0.119. The van der Waals surface area contributed by atoms with Gasteiger partial charge >= 0.3 is 0 Å². The summed E-state index contributed by atoms with van der Waals surface area (Å²) in [4.78, 5) is 14.9. The minimum Gasteiger partial charge on any atom is -0.494 e. The summed E-state index contributed by atoms with van der Waals surface area (Å²) in [7, 11) is 0. The standard InChI is InChI=1S/C17H23N3O2/c1-13(17(18)21)20-8-3-2-4-10-22-16-6-5-15-12-19-9-7-14(15)11-16/h5-7,9,11-13,20H,2-4,8,10H2,1H3,(H2,18,21). The zero-order chi connectivity index (χ0) is 15.8. The molecule has 2 rings (SSSR count). The second kappa shape index (κ2) is 8.34. The van der Waals surface area contributed by atoms with Gasteiger partial charge in [-0.3, -0.25) is 9.78 Å². The van der Waals surface area contributed by atoms with Crippen molar-refractivity contribution in [3.05, 3.63) is 36.7 Å². The van der Waals surface area contributed by atoms with Crippen LogP contribution in [0.4, 0.5) is 0 Å². The number of hydrogen-bond acceptors (Lipinski definition) is 4. The van der Waals surface area contributed by atoms with E-state index in [9.17, 15) is 4.79 Å². The number of ether oxygens (including phenoxy) is 1. The maximum absolute atomic E-state index is 10.9. The van der Waals surface area contributed by atoms with Crippen molar-refractivity contribution in [1.82, 2.24) is 10.3 Å². The van der Waals surface area contributed by atoms with Gasteiger partial charge in [0.1, 0.15) is 5.75 Å². The smallest absolute Gasteiger partial charge is 0.234 e. The van der Waals surface area contributed by atoms with Gasteiger partial charge in [-0.05, 0) is 62.4 Å². The van der Waals surface area contributed by atoms with E-state index in [-0.39, 0.29) is 11.9 Å². The van der Waals surface area contributed by atoms with E-state index in [2.05, 4.69) is 10.3 Å². The number of carbonyl (C=O) groups is 1. The highest BCUT2D eigenvalue weighted by Gasteiger charge is 2.05. The van der Waals surface area contributed by atoms with Crippen molar-refractivity contribution in [1.29, 1.82) is 0 Å². The van der Waals surface area contributed by atoms with Crippen LogP contribution >= 0.6 is 0 Å². The van der Waals surface area contributed by atoms with E-state index in [1.165, 1.54) is 0 Å². The third kappa shape index (κ3) is 5.00. The number of pyridine rings is 1. The van der Waals surface area contributed by atoms with Gasteiger partial charge in [-0.1, -0.05) is 0 Å². The lowest BCUT2D eigenvalue weighted by Gasteiger charge is -2.10. The molecule has 0 radical (unpaired) electrons. The average Bonchev–Trinajstić information content (AvgIpc) is 2.53. The van der Waals surface area contributed by atoms with E-state index in [1.54, 1.807) is 13.1 Å². The maximum Gasteiger partial charge on any atom is 0.234 e. The molecule has 5 heteroatoms. The number of hydrogen-bond donors (Lipinski definition) is 2. The number of nitrogens with one attached hydrogen (secondary N) is 1. The van der Waals surface area contributed by atoms with Gasteiger partial charge in [0.05, 0.1) is 12.6 Å². The molecule has 3 N–H and O–H groups in total. The molecule has 1 aromatic carbocycles. The fourth-order valence-corrected chi connectivity index (χ4v) is 2.16. The first kappa shape index (κ1) is 16.2. The summed E-state index contributed by atoms with van der Waals surface area (Å²) in [5.74, 6) is 0.578. The van der Waals surface area contributed by atoms with Crippen molar-refractivity contribution in [2.45, 2.75) is 32.2 Å². The minimum absolute atomic E-state index is 0.261. The number of amides is 1. The Morgan fingerprint density at radius 3 is 2.95 bits per heavy atom. The van der Waals surface area contributed by atoms with Gasteiger partial charge < -0.3 is 15.8 Å². The van der Waals surface area contributed by atoms with Crippen molar-refractivity contribution in [2.24, 2.45) is 5.73 Å². The molecule has 0 aliphatic heterocycles. The molecule has 0 spiro atoms. The molecule has 118 valence electrons. The van der Waals surface area contributed by atoms with Gasteiger partial charge in [0.25, 0.3) is 0 Å². The van der Waals surface area contributed by atoms with Crippen molar-refractivity contribution >= 4 is 16.7 Å². The number of unbranched alkanes of at least 4 members (excludes halogenated alkanes) is 2. The summed E-state index contributed by atoms with van der Waals surface area (Å²) in [5, 5.41) is 5.34. The van der Waals surface area contributed by atoms with Crippen LogP contribution in [0, 0.1) is 0 Å². The summed E-state index contributed by atoms with van der Waals surface area (Å²) < 4.78 is 5.77. The highest BCUT2D eigenvalue weighted by Crippen LogP contribution is 2.19. The van der Waals surface area contributed by atoms with Crippen molar-refractivity contribution in [2.75, 3.05) is 13.2 Å². The van der Waals surface area contributed by atoms with Crippen LogP contribution in [0.5, 0.6) is 5.75 Å². The van der Waals surface area contributed by atoms with Crippen molar-refractivity contribution in [3.63, 3.8) is 0 Å². The lowest BCUT2D eigenvalue weighted by Crippen LogP contribution is -2.39. The van der Waals surface area contributed by atoms with Crippen LogP contribution in [-0.4, -0.2) is 30.1 Å². The molecule has 1 aromatic heterocycles. The first-order valence-electron chi connectivity index (χ1n) is 7.66. The number of benzene rings is 1. The first-order valence-corrected chi connectivity index (χ1v) is 7.66. The van der Waals surface area contributed by atoms with Gasteiger partial charge in [-0.15, -0.1) is 0 Å². The third-order valence-electron chi connectivity index (χ3n) is 3.58. The lowest BCUT2D eigenvalue weighted by atomic mass is 10.2. The van der Waals surface area contributed by atoms with Gasteiger partial charge in [-0.25, -0.2) is 0 Å². The molecular weight excluding hydrogens is 278 g/mol. The van der Waals surface area contributed by atoms with E-state index in [0.29, 0.717) is 6.61 Å². The Morgan fingerprint density at radius 1 is 1.27 bits per heavy atom. The van der Waals surface area contributed by atoms with E-state index in [1.807, 2.05) is 30.5 Å². The SMILES string of the molecule is CC(NCCCCCOc1ccc2cnccc2c1)C(N)=O. The Kier molecular flexibility index (Phi) is 6.15. The number of aromatic nitrogens is 1. The molecule has 0 fully saturated rings. The van der Waals surface area contributed by atoms with Crippen LogP contribution in [0.2, 0.25) is 0 Å². The van der Waals surface area contributed by atoms with Crippen LogP contribution in [-0.2, 0) is 4.79 Å². The number of nitrogens with zero attached hydrogens (tertiary/aromatic N) is 1. The third-order valence-corrected chi connectivity index (χ3v) is 3.58. The molecule has 1 atom stereocenters. The Hall–Kier alpha value is -2.14. The van der Waals surface area contributed by atoms with Crippen LogP contribution in [0.3, 0.4) is 0 Å². The molecule has 1 heterocycles. The minimum atomic E-state index is -0.310. The predicted molar refractivity (Wildman–Crippen MR) is 87.7 cm³/mol. The van der Waals surface area contributed by atoms with Gasteiger partial charge in [0.15, 0.2) is 0 Å². The number of rotatable bonds is 9. The molecule has 0 aliphatic rings. The molecule has 1 unspecified atom stereocenters. The number of nitrogens with two attached hydrogens (primary N) is 1. The normalized spacial score (nSPS) is 12.2. The first-order chi connectivity index (χ1) is 10.7.